The molecule has 0 heterocycles. The zero-order valence-electron chi connectivity index (χ0n) is 21.0. The summed E-state index contributed by atoms with van der Waals surface area (Å²) in [5.41, 5.74) is 1.18. The van der Waals surface area contributed by atoms with Crippen molar-refractivity contribution < 1.29 is 9.84 Å². The average molecular weight is 443 g/mol. The van der Waals surface area contributed by atoms with Crippen LogP contribution in [0.3, 0.4) is 0 Å². The summed E-state index contributed by atoms with van der Waals surface area (Å²) in [6.45, 7) is 5.38. The first kappa shape index (κ1) is 27.1. The van der Waals surface area contributed by atoms with Crippen molar-refractivity contribution in [2.24, 2.45) is 17.8 Å². The lowest BCUT2D eigenvalue weighted by Crippen LogP contribution is -2.17. The molecule has 0 saturated heterocycles. The molecule has 4 atom stereocenters. The van der Waals surface area contributed by atoms with Crippen LogP contribution >= 0.6 is 0 Å². The average Bonchev–Trinajstić information content (AvgIpc) is 3.27. The maximum atomic E-state index is 9.68. The molecule has 1 aliphatic rings. The first-order valence-corrected chi connectivity index (χ1v) is 13.7. The molecule has 1 fully saturated rings. The molecule has 0 spiro atoms. The summed E-state index contributed by atoms with van der Waals surface area (Å²) in [6.07, 6.45) is 23.5. The second-order valence-electron chi connectivity index (χ2n) is 10.0. The Bertz CT molecular complexity index is 582. The van der Waals surface area contributed by atoms with Gasteiger partial charge >= 0.3 is 0 Å². The molecule has 1 N–H and O–H groups in total. The van der Waals surface area contributed by atoms with Gasteiger partial charge in [-0.15, -0.1) is 0 Å². The second kappa shape index (κ2) is 17.4. The zero-order chi connectivity index (χ0) is 22.9. The molecule has 0 bridgehead atoms. The minimum Gasteiger partial charge on any atom is -0.394 e. The van der Waals surface area contributed by atoms with Crippen molar-refractivity contribution in [1.29, 1.82) is 0 Å². The summed E-state index contributed by atoms with van der Waals surface area (Å²) in [6, 6.07) is 10.3. The zero-order valence-corrected chi connectivity index (χ0v) is 21.0. The number of benzene rings is 1. The van der Waals surface area contributed by atoms with Gasteiger partial charge in [0.25, 0.3) is 0 Å². The predicted octanol–water partition coefficient (Wildman–Crippen LogP) is 8.48. The molecule has 0 aromatic heterocycles. The van der Waals surface area contributed by atoms with Crippen molar-refractivity contribution in [3.05, 3.63) is 48.0 Å². The summed E-state index contributed by atoms with van der Waals surface area (Å²) in [4.78, 5) is 0. The lowest BCUT2D eigenvalue weighted by molar-refractivity contribution is -0.00365. The van der Waals surface area contributed by atoms with Crippen LogP contribution in [0.5, 0.6) is 0 Å². The third kappa shape index (κ3) is 11.1. The van der Waals surface area contributed by atoms with Crippen LogP contribution in [0.2, 0.25) is 0 Å². The molecule has 0 aliphatic heterocycles. The highest BCUT2D eigenvalue weighted by Crippen LogP contribution is 2.38. The van der Waals surface area contributed by atoms with Gasteiger partial charge in [0.1, 0.15) is 0 Å². The van der Waals surface area contributed by atoms with Gasteiger partial charge in [0, 0.05) is 0 Å². The Morgan fingerprint density at radius 3 is 2.56 bits per heavy atom. The third-order valence-electron chi connectivity index (χ3n) is 7.46. The Kier molecular flexibility index (Phi) is 14.7. The van der Waals surface area contributed by atoms with Gasteiger partial charge in [-0.05, 0) is 61.8 Å². The monoisotopic (exact) mass is 442 g/mol. The van der Waals surface area contributed by atoms with E-state index in [0.717, 1.165) is 30.6 Å². The van der Waals surface area contributed by atoms with Gasteiger partial charge in [-0.3, -0.25) is 0 Å². The van der Waals surface area contributed by atoms with Crippen LogP contribution in [0.1, 0.15) is 109 Å². The van der Waals surface area contributed by atoms with Crippen molar-refractivity contribution in [3.63, 3.8) is 0 Å². The van der Waals surface area contributed by atoms with E-state index in [1.165, 1.54) is 82.6 Å². The fourth-order valence-electron chi connectivity index (χ4n) is 5.31. The summed E-state index contributed by atoms with van der Waals surface area (Å²) >= 11 is 0. The molecular weight excluding hydrogens is 392 g/mol. The Morgan fingerprint density at radius 1 is 1.00 bits per heavy atom. The minimum absolute atomic E-state index is 0.0306. The highest BCUT2D eigenvalue weighted by Gasteiger charge is 2.27. The first-order chi connectivity index (χ1) is 15.8. The first-order valence-electron chi connectivity index (χ1n) is 13.7. The van der Waals surface area contributed by atoms with Gasteiger partial charge in [-0.25, -0.2) is 0 Å². The van der Waals surface area contributed by atoms with Crippen molar-refractivity contribution in [3.8, 4) is 0 Å². The summed E-state index contributed by atoms with van der Waals surface area (Å²) in [7, 11) is 0. The normalized spacial score (nSPS) is 20.7. The van der Waals surface area contributed by atoms with Crippen LogP contribution in [-0.4, -0.2) is 17.8 Å². The standard InChI is InChI=1S/C30H50O2/c1-3-5-6-7-8-12-19-28-20-15-21-29(28)23-26(4-2)16-13-14-22-30(24-31)32-25-27-17-10-9-11-18-27/h9-12,17-19,26,28-31H,3-8,13-16,20-25H2,1-2H3/t26?,28-,29+,30?/m0/s1. The SMILES string of the molecule is CCCCCCC=C[C@H]1CCC[C@@H]1CC(CC)CCCCC(CO)OCc1ccccc1. The predicted molar refractivity (Wildman–Crippen MR) is 138 cm³/mol. The molecule has 1 aromatic rings. The molecule has 182 valence electrons. The number of rotatable bonds is 18. The Morgan fingerprint density at radius 2 is 1.81 bits per heavy atom. The van der Waals surface area contributed by atoms with E-state index >= 15 is 0 Å². The smallest absolute Gasteiger partial charge is 0.0810 e. The summed E-state index contributed by atoms with van der Waals surface area (Å²) in [5, 5.41) is 9.68. The number of hydrogen-bond acceptors (Lipinski definition) is 2. The highest BCUT2D eigenvalue weighted by atomic mass is 16.5. The largest absolute Gasteiger partial charge is 0.394 e. The highest BCUT2D eigenvalue weighted by molar-refractivity contribution is 5.13. The molecule has 2 unspecified atom stereocenters. The molecule has 1 aliphatic carbocycles. The van der Waals surface area contributed by atoms with E-state index in [1.54, 1.807) is 0 Å². The molecule has 1 aromatic carbocycles. The molecule has 2 heteroatoms. The van der Waals surface area contributed by atoms with Gasteiger partial charge in [-0.2, -0.15) is 0 Å². The van der Waals surface area contributed by atoms with E-state index in [4.69, 9.17) is 4.74 Å². The topological polar surface area (TPSA) is 29.5 Å². The fraction of sp³-hybridized carbons (Fsp3) is 0.733. The van der Waals surface area contributed by atoms with E-state index in [0.29, 0.717) is 6.61 Å². The molecule has 0 amide bonds. The molecule has 2 rings (SSSR count). The molecule has 2 nitrogen and oxygen atoms in total. The number of allylic oxidation sites excluding steroid dienone is 2. The van der Waals surface area contributed by atoms with E-state index in [2.05, 4.69) is 38.1 Å². The quantitative estimate of drug-likeness (QED) is 0.182. The van der Waals surface area contributed by atoms with Gasteiger partial charge in [0.2, 0.25) is 0 Å². The Labute approximate surface area is 198 Å². The number of hydrogen-bond donors (Lipinski definition) is 1. The number of aliphatic hydroxyl groups excluding tert-OH is 1. The van der Waals surface area contributed by atoms with Crippen LogP contribution in [-0.2, 0) is 11.3 Å². The van der Waals surface area contributed by atoms with Crippen molar-refractivity contribution >= 4 is 0 Å². The van der Waals surface area contributed by atoms with E-state index in [9.17, 15) is 5.11 Å². The van der Waals surface area contributed by atoms with Crippen LogP contribution < -0.4 is 0 Å². The van der Waals surface area contributed by atoms with E-state index in [-0.39, 0.29) is 12.7 Å². The Hall–Kier alpha value is -1.12. The fourth-order valence-corrected chi connectivity index (χ4v) is 5.31. The van der Waals surface area contributed by atoms with Crippen LogP contribution in [0.25, 0.3) is 0 Å². The lowest BCUT2D eigenvalue weighted by Gasteiger charge is -2.23. The van der Waals surface area contributed by atoms with Crippen LogP contribution in [0.15, 0.2) is 42.5 Å². The second-order valence-corrected chi connectivity index (χ2v) is 10.0. The van der Waals surface area contributed by atoms with Crippen molar-refractivity contribution in [2.75, 3.05) is 6.61 Å². The minimum atomic E-state index is -0.0306. The van der Waals surface area contributed by atoms with Crippen LogP contribution in [0, 0.1) is 17.8 Å². The van der Waals surface area contributed by atoms with Crippen molar-refractivity contribution in [2.45, 2.75) is 116 Å². The Balaban J connectivity index is 1.63. The van der Waals surface area contributed by atoms with E-state index in [1.807, 2.05) is 18.2 Å². The maximum absolute atomic E-state index is 9.68. The summed E-state index contributed by atoms with van der Waals surface area (Å²) < 4.78 is 5.94. The van der Waals surface area contributed by atoms with Gasteiger partial charge in [0.05, 0.1) is 19.3 Å². The molecule has 0 radical (unpaired) electrons. The number of unbranched alkanes of at least 4 members (excludes halogenated alkanes) is 5. The molecular formula is C30H50O2. The summed E-state index contributed by atoms with van der Waals surface area (Å²) in [5.74, 6) is 2.60. The number of aliphatic hydroxyl groups is 1. The van der Waals surface area contributed by atoms with Crippen LogP contribution in [0.4, 0.5) is 0 Å². The maximum Gasteiger partial charge on any atom is 0.0810 e. The molecule has 1 saturated carbocycles. The number of ether oxygens (including phenoxy) is 1. The van der Waals surface area contributed by atoms with Crippen molar-refractivity contribution in [1.82, 2.24) is 0 Å². The van der Waals surface area contributed by atoms with Gasteiger partial charge in [0.15, 0.2) is 0 Å². The lowest BCUT2D eigenvalue weighted by atomic mass is 9.83. The van der Waals surface area contributed by atoms with Gasteiger partial charge in [-0.1, -0.05) is 108 Å². The van der Waals surface area contributed by atoms with E-state index < -0.39 is 0 Å². The van der Waals surface area contributed by atoms with Gasteiger partial charge < -0.3 is 9.84 Å². The molecule has 32 heavy (non-hydrogen) atoms. The third-order valence-corrected chi connectivity index (χ3v) is 7.46.